The summed E-state index contributed by atoms with van der Waals surface area (Å²) in [6.07, 6.45) is 10.6. The Morgan fingerprint density at radius 2 is 1.72 bits per heavy atom. The third-order valence-corrected chi connectivity index (χ3v) is 7.22. The van der Waals surface area contributed by atoms with E-state index in [-0.39, 0.29) is 25.0 Å². The Hall–Kier alpha value is -1.26. The lowest BCUT2D eigenvalue weighted by Crippen LogP contribution is -2.26. The van der Waals surface area contributed by atoms with Crippen molar-refractivity contribution in [2.45, 2.75) is 63.9 Å². The number of aliphatic hydroxyl groups excluding tert-OH is 1. The van der Waals surface area contributed by atoms with Crippen LogP contribution in [0.4, 0.5) is 8.78 Å². The van der Waals surface area contributed by atoms with Crippen molar-refractivity contribution in [3.63, 3.8) is 0 Å². The molecule has 2 nitrogen and oxygen atoms in total. The molecule has 0 heterocycles. The smallest absolute Gasteiger partial charge is 0.127 e. The third kappa shape index (κ3) is 6.11. The highest BCUT2D eigenvalue weighted by atomic mass is 19.1. The zero-order valence-electron chi connectivity index (χ0n) is 17.5. The van der Waals surface area contributed by atoms with Crippen LogP contribution in [0.25, 0.3) is 0 Å². The number of hydrogen-bond acceptors (Lipinski definition) is 2. The van der Waals surface area contributed by atoms with Gasteiger partial charge in [-0.2, -0.15) is 0 Å². The standard InChI is InChI=1S/C25H36F2O2/c1-2-18(15-28)16-29-17-20-5-12-24(25(27)13-20)23-10-8-22(9-11-23)21-6-3-19(14-26)4-7-21/h2,5,12-13,18-19,21-23,28H,1,3-4,6-11,14-17H2. The highest BCUT2D eigenvalue weighted by molar-refractivity contribution is 5.27. The Morgan fingerprint density at radius 1 is 1.07 bits per heavy atom. The van der Waals surface area contributed by atoms with Gasteiger partial charge < -0.3 is 9.84 Å². The maximum atomic E-state index is 14.7. The van der Waals surface area contributed by atoms with Gasteiger partial charge in [0.15, 0.2) is 0 Å². The second-order valence-electron chi connectivity index (χ2n) is 9.10. The summed E-state index contributed by atoms with van der Waals surface area (Å²) in [7, 11) is 0. The molecule has 1 atom stereocenters. The van der Waals surface area contributed by atoms with Crippen LogP contribution >= 0.6 is 0 Å². The second-order valence-corrected chi connectivity index (χ2v) is 9.10. The number of benzene rings is 1. The van der Waals surface area contributed by atoms with Crippen LogP contribution in [0.1, 0.15) is 68.4 Å². The molecule has 0 aromatic heterocycles. The van der Waals surface area contributed by atoms with Crippen LogP contribution in [-0.4, -0.2) is 25.0 Å². The van der Waals surface area contributed by atoms with Crippen molar-refractivity contribution in [3.05, 3.63) is 47.8 Å². The van der Waals surface area contributed by atoms with Crippen molar-refractivity contribution in [2.75, 3.05) is 19.9 Å². The van der Waals surface area contributed by atoms with E-state index in [2.05, 4.69) is 6.58 Å². The predicted octanol–water partition coefficient (Wildman–Crippen LogP) is 6.19. The lowest BCUT2D eigenvalue weighted by Gasteiger charge is -2.37. The first kappa shape index (κ1) is 22.4. The average Bonchev–Trinajstić information content (AvgIpc) is 2.77. The van der Waals surface area contributed by atoms with Crippen LogP contribution in [0, 0.1) is 29.5 Å². The molecule has 2 saturated carbocycles. The largest absolute Gasteiger partial charge is 0.396 e. The van der Waals surface area contributed by atoms with E-state index in [1.54, 1.807) is 12.1 Å². The van der Waals surface area contributed by atoms with Crippen molar-refractivity contribution in [3.8, 4) is 0 Å². The molecule has 0 spiro atoms. The van der Waals surface area contributed by atoms with Gasteiger partial charge in [0.2, 0.25) is 0 Å². The van der Waals surface area contributed by atoms with Crippen molar-refractivity contribution >= 4 is 0 Å². The molecule has 1 unspecified atom stereocenters. The van der Waals surface area contributed by atoms with Crippen LogP contribution in [-0.2, 0) is 11.3 Å². The number of aliphatic hydroxyl groups is 1. The molecule has 0 aliphatic heterocycles. The van der Waals surface area contributed by atoms with Gasteiger partial charge in [0, 0.05) is 5.92 Å². The van der Waals surface area contributed by atoms with E-state index in [0.717, 1.165) is 48.6 Å². The van der Waals surface area contributed by atoms with Gasteiger partial charge in [0.1, 0.15) is 5.82 Å². The normalized spacial score (nSPS) is 28.8. The summed E-state index contributed by atoms with van der Waals surface area (Å²) in [4.78, 5) is 0. The summed E-state index contributed by atoms with van der Waals surface area (Å²) in [6, 6.07) is 5.49. The van der Waals surface area contributed by atoms with Gasteiger partial charge in [-0.05, 0) is 92.2 Å². The van der Waals surface area contributed by atoms with Crippen LogP contribution < -0.4 is 0 Å². The molecule has 1 aromatic rings. The van der Waals surface area contributed by atoms with Gasteiger partial charge in [-0.15, -0.1) is 6.58 Å². The van der Waals surface area contributed by atoms with E-state index in [9.17, 15) is 8.78 Å². The summed E-state index contributed by atoms with van der Waals surface area (Å²) < 4.78 is 33.2. The molecule has 0 radical (unpaired) electrons. The molecule has 0 saturated heterocycles. The van der Waals surface area contributed by atoms with Crippen LogP contribution in [0.2, 0.25) is 0 Å². The molecule has 2 fully saturated rings. The summed E-state index contributed by atoms with van der Waals surface area (Å²) in [6.45, 7) is 4.25. The van der Waals surface area contributed by atoms with E-state index in [1.165, 1.54) is 25.7 Å². The minimum absolute atomic E-state index is 0.0107. The number of hydrogen-bond donors (Lipinski definition) is 1. The summed E-state index contributed by atoms with van der Waals surface area (Å²) >= 11 is 0. The van der Waals surface area contributed by atoms with E-state index >= 15 is 0 Å². The van der Waals surface area contributed by atoms with Gasteiger partial charge in [-0.25, -0.2) is 4.39 Å². The number of ether oxygens (including phenoxy) is 1. The number of rotatable bonds is 9. The SMILES string of the molecule is C=CC(CO)COCc1ccc(C2CCC(C3CCC(CF)CC3)CC2)c(F)c1. The molecular weight excluding hydrogens is 370 g/mol. The Kier molecular flexibility index (Phi) is 8.68. The van der Waals surface area contributed by atoms with Crippen molar-refractivity contribution < 1.29 is 18.6 Å². The van der Waals surface area contributed by atoms with Gasteiger partial charge in [-0.1, -0.05) is 18.2 Å². The molecule has 162 valence electrons. The first-order valence-electron chi connectivity index (χ1n) is 11.3. The lowest BCUT2D eigenvalue weighted by molar-refractivity contribution is 0.0790. The topological polar surface area (TPSA) is 29.5 Å². The summed E-state index contributed by atoms with van der Waals surface area (Å²) in [5.41, 5.74) is 1.66. The molecule has 4 heteroatoms. The summed E-state index contributed by atoms with van der Waals surface area (Å²) in [5.74, 6) is 1.89. The molecule has 3 rings (SSSR count). The van der Waals surface area contributed by atoms with Gasteiger partial charge in [-0.3, -0.25) is 4.39 Å². The molecule has 1 N–H and O–H groups in total. The predicted molar refractivity (Wildman–Crippen MR) is 113 cm³/mol. The zero-order chi connectivity index (χ0) is 20.6. The van der Waals surface area contributed by atoms with Gasteiger partial charge >= 0.3 is 0 Å². The molecule has 1 aromatic carbocycles. The Morgan fingerprint density at radius 3 is 2.28 bits per heavy atom. The van der Waals surface area contributed by atoms with Crippen LogP contribution in [0.5, 0.6) is 0 Å². The zero-order valence-corrected chi connectivity index (χ0v) is 17.5. The van der Waals surface area contributed by atoms with Crippen molar-refractivity contribution in [1.29, 1.82) is 0 Å². The first-order valence-corrected chi connectivity index (χ1v) is 11.3. The Balaban J connectivity index is 1.47. The monoisotopic (exact) mass is 406 g/mol. The minimum atomic E-state index is -0.157. The van der Waals surface area contributed by atoms with Gasteiger partial charge in [0.25, 0.3) is 0 Å². The molecule has 29 heavy (non-hydrogen) atoms. The van der Waals surface area contributed by atoms with Crippen LogP contribution in [0.15, 0.2) is 30.9 Å². The maximum absolute atomic E-state index is 14.7. The van der Waals surface area contributed by atoms with E-state index in [4.69, 9.17) is 9.84 Å². The average molecular weight is 407 g/mol. The van der Waals surface area contributed by atoms with Crippen molar-refractivity contribution in [1.82, 2.24) is 0 Å². The first-order chi connectivity index (χ1) is 14.1. The Labute approximate surface area is 174 Å². The minimum Gasteiger partial charge on any atom is -0.396 e. The molecule has 0 bridgehead atoms. The maximum Gasteiger partial charge on any atom is 0.127 e. The fourth-order valence-electron chi connectivity index (χ4n) is 5.23. The van der Waals surface area contributed by atoms with Gasteiger partial charge in [0.05, 0.1) is 26.5 Å². The van der Waals surface area contributed by atoms with E-state index in [0.29, 0.717) is 25.0 Å². The Bertz CT molecular complexity index is 632. The quantitative estimate of drug-likeness (QED) is 0.496. The fourth-order valence-corrected chi connectivity index (χ4v) is 5.23. The molecule has 0 amide bonds. The van der Waals surface area contributed by atoms with Crippen molar-refractivity contribution in [2.24, 2.45) is 23.7 Å². The van der Waals surface area contributed by atoms with E-state index in [1.807, 2.05) is 12.1 Å². The molecule has 2 aliphatic rings. The lowest BCUT2D eigenvalue weighted by atomic mass is 9.68. The highest BCUT2D eigenvalue weighted by Crippen LogP contribution is 2.44. The van der Waals surface area contributed by atoms with E-state index < -0.39 is 0 Å². The third-order valence-electron chi connectivity index (χ3n) is 7.22. The molecule has 2 aliphatic carbocycles. The number of alkyl halides is 1. The highest BCUT2D eigenvalue weighted by Gasteiger charge is 2.31. The van der Waals surface area contributed by atoms with Crippen LogP contribution in [0.3, 0.4) is 0 Å². The molecular formula is C25H36F2O2. The number of halogens is 2. The second kappa shape index (κ2) is 11.2. The fraction of sp³-hybridized carbons (Fsp3) is 0.680. The summed E-state index contributed by atoms with van der Waals surface area (Å²) in [5, 5.41) is 9.15.